The van der Waals surface area contributed by atoms with Gasteiger partial charge >= 0.3 is 0 Å². The number of para-hydroxylation sites is 3. The number of hydrogen-bond donors (Lipinski definition) is 0. The van der Waals surface area contributed by atoms with E-state index in [1.54, 1.807) is 5.56 Å². The summed E-state index contributed by atoms with van der Waals surface area (Å²) in [4.78, 5) is 15.9. The van der Waals surface area contributed by atoms with Crippen molar-refractivity contribution in [1.82, 2.24) is 19.5 Å². The molecule has 0 N–H and O–H groups in total. The lowest BCUT2D eigenvalue weighted by Gasteiger charge is -2.57. The predicted octanol–water partition coefficient (Wildman–Crippen LogP) is 16.4. The first-order valence-corrected chi connectivity index (χ1v) is 24.7. The molecule has 0 saturated heterocycles. The van der Waals surface area contributed by atoms with Crippen molar-refractivity contribution in [3.05, 3.63) is 181 Å². The number of furan rings is 1. The van der Waals surface area contributed by atoms with E-state index in [1.807, 2.05) is 29.5 Å². The van der Waals surface area contributed by atoms with E-state index in [1.165, 1.54) is 75.2 Å². The van der Waals surface area contributed by atoms with E-state index >= 15 is 0 Å². The van der Waals surface area contributed by atoms with Crippen LogP contribution >= 0.6 is 11.3 Å². The maximum Gasteiger partial charge on any atom is 0.164 e. The standard InChI is InChI=1S/C61H44N4OS/c1-2-9-44(10-3-1)65-51-14-6-4-11-46(51)48-30-40(19-24-52(48)65)58-62-59(41-20-25-54-49(31-41)47-12-5-7-15-53(47)66-54)64-60(63-58)42-21-26-55-50(32-42)57-45(13-8-16-56(57)67-55)39-17-22-43(23-18-39)61-33-36-27-37(34-61)29-38(28-36)35-61/h1-26,30-32,36-38H,27-29,33-35H2. The van der Waals surface area contributed by atoms with Crippen LogP contribution in [0.15, 0.2) is 180 Å². The number of hydrogen-bond acceptors (Lipinski definition) is 5. The molecule has 0 amide bonds. The van der Waals surface area contributed by atoms with Crippen molar-refractivity contribution in [2.75, 3.05) is 0 Å². The minimum absolute atomic E-state index is 0.385. The molecule has 6 heteroatoms. The molecular weight excluding hydrogens is 837 g/mol. The van der Waals surface area contributed by atoms with Crippen LogP contribution in [-0.4, -0.2) is 19.5 Å². The Morgan fingerprint density at radius 3 is 1.78 bits per heavy atom. The molecule has 4 bridgehead atoms. The Kier molecular flexibility index (Phi) is 8.06. The van der Waals surface area contributed by atoms with Gasteiger partial charge in [0.15, 0.2) is 17.5 Å². The summed E-state index contributed by atoms with van der Waals surface area (Å²) in [6.45, 7) is 0. The van der Waals surface area contributed by atoms with Crippen LogP contribution in [-0.2, 0) is 5.41 Å². The quantitative estimate of drug-likeness (QED) is 0.167. The topological polar surface area (TPSA) is 56.7 Å². The molecule has 16 rings (SSSR count). The highest BCUT2D eigenvalue weighted by Crippen LogP contribution is 2.61. The summed E-state index contributed by atoms with van der Waals surface area (Å²) in [6.07, 6.45) is 8.55. The molecule has 0 radical (unpaired) electrons. The molecule has 320 valence electrons. The SMILES string of the molecule is c1ccc(-n2c3ccccc3c3cc(-c4nc(-c5ccc6oc7ccccc7c6c5)nc(-c5ccc6sc7cccc(-c8ccc(C9%10CC%11CC(CC(C%11)C9)C%10)cc8)c7c6c5)n4)ccc32)cc1. The smallest absolute Gasteiger partial charge is 0.164 e. The number of nitrogens with zero attached hydrogens (tertiary/aromatic N) is 4. The fourth-order valence-corrected chi connectivity index (χ4v) is 14.4. The summed E-state index contributed by atoms with van der Waals surface area (Å²) >= 11 is 1.86. The summed E-state index contributed by atoms with van der Waals surface area (Å²) in [5, 5.41) is 6.96. The van der Waals surface area contributed by atoms with E-state index < -0.39 is 0 Å². The minimum Gasteiger partial charge on any atom is -0.456 e. The number of benzene rings is 8. The molecule has 0 atom stereocenters. The van der Waals surface area contributed by atoms with E-state index in [0.29, 0.717) is 22.9 Å². The van der Waals surface area contributed by atoms with Gasteiger partial charge in [0.25, 0.3) is 0 Å². The Morgan fingerprint density at radius 2 is 1.03 bits per heavy atom. The van der Waals surface area contributed by atoms with Gasteiger partial charge in [0.1, 0.15) is 11.2 Å². The van der Waals surface area contributed by atoms with Gasteiger partial charge in [-0.1, -0.05) is 91.0 Å². The average Bonchev–Trinajstić information content (AvgIpc) is 4.05. The zero-order chi connectivity index (χ0) is 43.8. The Bertz CT molecular complexity index is 3940. The molecule has 5 nitrogen and oxygen atoms in total. The lowest BCUT2D eigenvalue weighted by molar-refractivity contribution is -0.00518. The molecular formula is C61H44N4OS. The van der Waals surface area contributed by atoms with Crippen LogP contribution in [0.3, 0.4) is 0 Å². The van der Waals surface area contributed by atoms with Crippen molar-refractivity contribution < 1.29 is 4.42 Å². The summed E-state index contributed by atoms with van der Waals surface area (Å²) in [6, 6.07) is 63.7. The van der Waals surface area contributed by atoms with Crippen LogP contribution in [0, 0.1) is 17.8 Å². The third kappa shape index (κ3) is 5.88. The van der Waals surface area contributed by atoms with Crippen molar-refractivity contribution in [2.45, 2.75) is 43.9 Å². The van der Waals surface area contributed by atoms with Gasteiger partial charge in [-0.2, -0.15) is 0 Å². The van der Waals surface area contributed by atoms with Gasteiger partial charge < -0.3 is 8.98 Å². The van der Waals surface area contributed by atoms with Crippen LogP contribution in [0.25, 0.3) is 115 Å². The summed E-state index contributed by atoms with van der Waals surface area (Å²) < 4.78 is 11.1. The molecule has 4 saturated carbocycles. The fraction of sp³-hybridized carbons (Fsp3) is 0.164. The van der Waals surface area contributed by atoms with E-state index in [4.69, 9.17) is 19.4 Å². The van der Waals surface area contributed by atoms with Gasteiger partial charge in [-0.05, 0) is 163 Å². The highest BCUT2D eigenvalue weighted by atomic mass is 32.1. The molecule has 4 heterocycles. The summed E-state index contributed by atoms with van der Waals surface area (Å²) in [7, 11) is 0. The number of fused-ring (bicyclic) bond motifs is 9. The van der Waals surface area contributed by atoms with Crippen LogP contribution in [0.1, 0.15) is 44.1 Å². The molecule has 12 aromatic rings. The van der Waals surface area contributed by atoms with Gasteiger partial charge in [0.2, 0.25) is 0 Å². The molecule has 0 aliphatic heterocycles. The number of aromatic nitrogens is 4. The lowest BCUT2D eigenvalue weighted by atomic mass is 9.48. The van der Waals surface area contributed by atoms with E-state index in [0.717, 1.165) is 78.5 Å². The molecule has 4 fully saturated rings. The second-order valence-corrected chi connectivity index (χ2v) is 20.9. The van der Waals surface area contributed by atoms with Gasteiger partial charge in [0, 0.05) is 64.1 Å². The summed E-state index contributed by atoms with van der Waals surface area (Å²) in [5.41, 5.74) is 12.4. The van der Waals surface area contributed by atoms with Gasteiger partial charge in [-0.3, -0.25) is 0 Å². The highest BCUT2D eigenvalue weighted by Gasteiger charge is 2.51. The van der Waals surface area contributed by atoms with Gasteiger partial charge in [-0.25, -0.2) is 15.0 Å². The first-order valence-electron chi connectivity index (χ1n) is 23.9. The average molecular weight is 881 g/mol. The molecule has 4 aliphatic carbocycles. The van der Waals surface area contributed by atoms with E-state index in [2.05, 4.69) is 162 Å². The van der Waals surface area contributed by atoms with E-state index in [9.17, 15) is 0 Å². The Labute approximate surface area is 391 Å². The van der Waals surface area contributed by atoms with Crippen molar-refractivity contribution >= 4 is 75.3 Å². The van der Waals surface area contributed by atoms with Crippen LogP contribution in [0.5, 0.6) is 0 Å². The first kappa shape index (κ1) is 37.8. The maximum absolute atomic E-state index is 6.25. The normalized spacial score (nSPS) is 20.1. The second-order valence-electron chi connectivity index (χ2n) is 19.8. The molecule has 0 spiro atoms. The van der Waals surface area contributed by atoms with Crippen LogP contribution in [0.2, 0.25) is 0 Å². The van der Waals surface area contributed by atoms with Crippen LogP contribution < -0.4 is 0 Å². The maximum atomic E-state index is 6.25. The van der Waals surface area contributed by atoms with Crippen molar-refractivity contribution in [3.63, 3.8) is 0 Å². The Hall–Kier alpha value is -7.41. The third-order valence-corrected chi connectivity index (χ3v) is 17.0. The Balaban J connectivity index is 0.886. The van der Waals surface area contributed by atoms with Crippen LogP contribution in [0.4, 0.5) is 0 Å². The third-order valence-electron chi connectivity index (χ3n) is 15.8. The monoisotopic (exact) mass is 880 g/mol. The zero-order valence-corrected chi connectivity index (χ0v) is 37.6. The largest absolute Gasteiger partial charge is 0.456 e. The lowest BCUT2D eigenvalue weighted by Crippen LogP contribution is -2.48. The molecule has 67 heavy (non-hydrogen) atoms. The number of thiophene rings is 1. The fourth-order valence-electron chi connectivity index (χ4n) is 13.3. The molecule has 4 aliphatic rings. The van der Waals surface area contributed by atoms with Crippen molar-refractivity contribution in [3.8, 4) is 51.0 Å². The first-order chi connectivity index (χ1) is 33.1. The van der Waals surface area contributed by atoms with Crippen molar-refractivity contribution in [2.24, 2.45) is 17.8 Å². The second kappa shape index (κ2) is 14.3. The predicted molar refractivity (Wildman–Crippen MR) is 276 cm³/mol. The molecule has 8 aromatic carbocycles. The van der Waals surface area contributed by atoms with Crippen molar-refractivity contribution in [1.29, 1.82) is 0 Å². The van der Waals surface area contributed by atoms with E-state index in [-0.39, 0.29) is 0 Å². The summed E-state index contributed by atoms with van der Waals surface area (Å²) in [5.74, 6) is 4.68. The Morgan fingerprint density at radius 1 is 0.448 bits per heavy atom. The van der Waals surface area contributed by atoms with Gasteiger partial charge in [0.05, 0.1) is 11.0 Å². The zero-order valence-electron chi connectivity index (χ0n) is 36.8. The number of rotatable bonds is 6. The van der Waals surface area contributed by atoms with Gasteiger partial charge in [-0.15, -0.1) is 11.3 Å². The minimum atomic E-state index is 0.385. The molecule has 4 aromatic heterocycles. The molecule has 0 unspecified atom stereocenters. The highest BCUT2D eigenvalue weighted by molar-refractivity contribution is 7.26.